The molecule has 2 bridgehead atoms. The molecule has 2 heterocycles. The average molecular weight is 496 g/mol. The molecule has 178 valence electrons. The van der Waals surface area contributed by atoms with Crippen molar-refractivity contribution in [2.24, 2.45) is 23.2 Å². The zero-order valence-electron chi connectivity index (χ0n) is 19.0. The first kappa shape index (κ1) is 24.0. The van der Waals surface area contributed by atoms with Gasteiger partial charge in [0, 0.05) is 12.2 Å². The van der Waals surface area contributed by atoms with Crippen LogP contribution in [-0.4, -0.2) is 26.7 Å². The number of fused-ring (bicyclic) bond motifs is 2. The highest BCUT2D eigenvalue weighted by Gasteiger charge is 2.56. The number of nitrogens with one attached hydrogen (secondary N) is 2. The Morgan fingerprint density at radius 3 is 2.73 bits per heavy atom. The van der Waals surface area contributed by atoms with Crippen LogP contribution < -0.4 is 16.2 Å². The SMILES string of the molecule is CC(NC(=O)Cn1ncc(N[C@@H]2C[C@H]3C[C@@H]([C@H]2C)C3(C)C)c(Cl)c1=O)c1ccnc(F)c1Cl. The van der Waals surface area contributed by atoms with Gasteiger partial charge >= 0.3 is 0 Å². The van der Waals surface area contributed by atoms with Crippen LogP contribution in [0.1, 0.15) is 52.1 Å². The smallest absolute Gasteiger partial charge is 0.288 e. The van der Waals surface area contributed by atoms with Crippen molar-refractivity contribution in [2.75, 3.05) is 5.32 Å². The lowest BCUT2D eigenvalue weighted by atomic mass is 9.45. The Morgan fingerprint density at radius 1 is 1.33 bits per heavy atom. The van der Waals surface area contributed by atoms with Crippen molar-refractivity contribution < 1.29 is 9.18 Å². The van der Waals surface area contributed by atoms with E-state index in [9.17, 15) is 14.0 Å². The molecule has 2 aromatic rings. The summed E-state index contributed by atoms with van der Waals surface area (Å²) < 4.78 is 14.6. The van der Waals surface area contributed by atoms with Crippen LogP contribution in [0.3, 0.4) is 0 Å². The Labute approximate surface area is 202 Å². The Balaban J connectivity index is 1.42. The number of carbonyl (C=O) groups is 1. The largest absolute Gasteiger partial charge is 0.379 e. The summed E-state index contributed by atoms with van der Waals surface area (Å²) in [6.07, 6.45) is 5.05. The van der Waals surface area contributed by atoms with Gasteiger partial charge in [0.25, 0.3) is 5.56 Å². The standard InChI is InChI=1S/C23H28Cl2FN5O2/c1-11-15-7-13(23(15,3)4)8-16(11)30-17-9-28-31(22(33)20(17)25)10-18(32)29-12(2)14-5-6-27-21(26)19(14)24/h5-6,9,11-13,15-16,30H,7-8,10H2,1-4H3,(H,29,32)/t11-,12?,13-,15+,16-/m1/s1. The number of hydrogen-bond acceptors (Lipinski definition) is 5. The number of carbonyl (C=O) groups excluding carboxylic acids is 1. The number of anilines is 1. The second-order valence-electron chi connectivity index (χ2n) is 9.84. The highest BCUT2D eigenvalue weighted by atomic mass is 35.5. The van der Waals surface area contributed by atoms with Crippen molar-refractivity contribution in [1.82, 2.24) is 20.1 Å². The van der Waals surface area contributed by atoms with Crippen LogP contribution in [-0.2, 0) is 11.3 Å². The maximum Gasteiger partial charge on any atom is 0.288 e. The molecule has 1 amide bonds. The van der Waals surface area contributed by atoms with E-state index < -0.39 is 23.5 Å². The van der Waals surface area contributed by atoms with E-state index in [2.05, 4.69) is 41.5 Å². The van der Waals surface area contributed by atoms with E-state index in [1.165, 1.54) is 24.9 Å². The molecule has 7 nitrogen and oxygen atoms in total. The zero-order chi connectivity index (χ0) is 24.1. The van der Waals surface area contributed by atoms with Crippen LogP contribution in [0, 0.1) is 29.1 Å². The van der Waals surface area contributed by atoms with Crippen molar-refractivity contribution in [1.29, 1.82) is 0 Å². The summed E-state index contributed by atoms with van der Waals surface area (Å²) in [5.41, 5.74) is 0.686. The predicted molar refractivity (Wildman–Crippen MR) is 126 cm³/mol. The molecule has 5 atom stereocenters. The normalized spacial score (nSPS) is 26.3. The van der Waals surface area contributed by atoms with Crippen LogP contribution in [0.15, 0.2) is 23.3 Å². The number of hydrogen-bond donors (Lipinski definition) is 2. The third-order valence-corrected chi connectivity index (χ3v) is 8.43. The molecular weight excluding hydrogens is 468 g/mol. The van der Waals surface area contributed by atoms with Crippen molar-refractivity contribution in [3.63, 3.8) is 0 Å². The molecule has 33 heavy (non-hydrogen) atoms. The Kier molecular flexibility index (Phi) is 6.44. The highest BCUT2D eigenvalue weighted by Crippen LogP contribution is 2.61. The van der Waals surface area contributed by atoms with Crippen LogP contribution in [0.4, 0.5) is 10.1 Å². The molecule has 3 fully saturated rings. The summed E-state index contributed by atoms with van der Waals surface area (Å²) in [6.45, 7) is 8.24. The van der Waals surface area contributed by atoms with Gasteiger partial charge in [-0.3, -0.25) is 9.59 Å². The Morgan fingerprint density at radius 2 is 2.06 bits per heavy atom. The summed E-state index contributed by atoms with van der Waals surface area (Å²) in [5, 5.41) is 10.1. The molecule has 1 unspecified atom stereocenters. The van der Waals surface area contributed by atoms with E-state index in [4.69, 9.17) is 23.2 Å². The van der Waals surface area contributed by atoms with Crippen LogP contribution >= 0.6 is 23.2 Å². The van der Waals surface area contributed by atoms with Crippen LogP contribution in [0.25, 0.3) is 0 Å². The van der Waals surface area contributed by atoms with Gasteiger partial charge in [0.05, 0.1) is 17.9 Å². The van der Waals surface area contributed by atoms with Gasteiger partial charge in [-0.25, -0.2) is 9.67 Å². The monoisotopic (exact) mass is 495 g/mol. The van der Waals surface area contributed by atoms with E-state index in [1.807, 2.05) is 0 Å². The molecule has 0 radical (unpaired) electrons. The Hall–Kier alpha value is -2.19. The lowest BCUT2D eigenvalue weighted by Crippen LogP contribution is -2.58. The summed E-state index contributed by atoms with van der Waals surface area (Å²) >= 11 is 12.3. The second-order valence-corrected chi connectivity index (χ2v) is 10.6. The first-order valence-corrected chi connectivity index (χ1v) is 11.9. The zero-order valence-corrected chi connectivity index (χ0v) is 20.5. The molecule has 3 aliphatic rings. The first-order valence-electron chi connectivity index (χ1n) is 11.1. The molecule has 0 aliphatic heterocycles. The fourth-order valence-corrected chi connectivity index (χ4v) is 5.96. The number of nitrogens with zero attached hydrogens (tertiary/aromatic N) is 3. The molecule has 3 saturated carbocycles. The van der Waals surface area contributed by atoms with E-state index in [1.54, 1.807) is 6.92 Å². The van der Waals surface area contributed by atoms with Crippen molar-refractivity contribution in [2.45, 2.75) is 59.2 Å². The minimum absolute atomic E-state index is 0.0100. The Bertz CT molecular complexity index is 1140. The molecule has 3 aliphatic carbocycles. The summed E-state index contributed by atoms with van der Waals surface area (Å²) in [4.78, 5) is 28.7. The first-order chi connectivity index (χ1) is 15.5. The van der Waals surface area contributed by atoms with Gasteiger partial charge in [0.2, 0.25) is 11.9 Å². The quantitative estimate of drug-likeness (QED) is 0.578. The van der Waals surface area contributed by atoms with E-state index in [-0.39, 0.29) is 22.6 Å². The van der Waals surface area contributed by atoms with E-state index >= 15 is 0 Å². The molecule has 5 rings (SSSR count). The van der Waals surface area contributed by atoms with Crippen molar-refractivity contribution in [3.05, 3.63) is 50.4 Å². The molecule has 2 N–H and O–H groups in total. The van der Waals surface area contributed by atoms with Gasteiger partial charge in [-0.2, -0.15) is 9.49 Å². The molecule has 10 heteroatoms. The van der Waals surface area contributed by atoms with Gasteiger partial charge in [0.15, 0.2) is 0 Å². The van der Waals surface area contributed by atoms with Gasteiger partial charge in [-0.15, -0.1) is 0 Å². The fourth-order valence-electron chi connectivity index (χ4n) is 5.49. The molecule has 0 spiro atoms. The molecule has 0 aromatic carbocycles. The maximum absolute atomic E-state index is 13.6. The van der Waals surface area contributed by atoms with E-state index in [0.717, 1.165) is 11.1 Å². The lowest BCUT2D eigenvalue weighted by Gasteiger charge is -2.62. The third-order valence-electron chi connectivity index (χ3n) is 7.69. The molecule has 2 aromatic heterocycles. The average Bonchev–Trinajstić information content (AvgIpc) is 2.76. The summed E-state index contributed by atoms with van der Waals surface area (Å²) in [7, 11) is 0. The predicted octanol–water partition coefficient (Wildman–Crippen LogP) is 4.44. The number of amides is 1. The molecule has 0 saturated heterocycles. The maximum atomic E-state index is 13.6. The highest BCUT2D eigenvalue weighted by molar-refractivity contribution is 6.33. The van der Waals surface area contributed by atoms with Gasteiger partial charge < -0.3 is 10.6 Å². The number of pyridine rings is 1. The fraction of sp³-hybridized carbons (Fsp3) is 0.565. The van der Waals surface area contributed by atoms with E-state index in [0.29, 0.717) is 34.4 Å². The number of halogens is 3. The van der Waals surface area contributed by atoms with Crippen molar-refractivity contribution >= 4 is 34.8 Å². The number of aromatic nitrogens is 3. The minimum Gasteiger partial charge on any atom is -0.379 e. The van der Waals surface area contributed by atoms with Gasteiger partial charge in [-0.1, -0.05) is 44.0 Å². The van der Waals surface area contributed by atoms with Crippen LogP contribution in [0.5, 0.6) is 0 Å². The van der Waals surface area contributed by atoms with Gasteiger partial charge in [-0.05, 0) is 54.6 Å². The number of rotatable bonds is 6. The summed E-state index contributed by atoms with van der Waals surface area (Å²) in [6, 6.07) is 1.17. The third kappa shape index (κ3) is 4.35. The lowest BCUT2D eigenvalue weighted by molar-refractivity contribution is -0.122. The molecular formula is C23H28Cl2FN5O2. The van der Waals surface area contributed by atoms with Gasteiger partial charge in [0.1, 0.15) is 16.6 Å². The minimum atomic E-state index is -0.809. The topological polar surface area (TPSA) is 88.9 Å². The summed E-state index contributed by atoms with van der Waals surface area (Å²) in [5.74, 6) is 0.479. The van der Waals surface area contributed by atoms with Crippen molar-refractivity contribution in [3.8, 4) is 0 Å². The van der Waals surface area contributed by atoms with Crippen LogP contribution in [0.2, 0.25) is 10.0 Å². The second kappa shape index (κ2) is 8.87.